The summed E-state index contributed by atoms with van der Waals surface area (Å²) in [4.78, 5) is 15.1. The summed E-state index contributed by atoms with van der Waals surface area (Å²) in [5.41, 5.74) is 5.22. The zero-order chi connectivity index (χ0) is 10.4. The monoisotopic (exact) mass is 194 g/mol. The molecule has 14 heavy (non-hydrogen) atoms. The molecular formula is C10H14N2O2. The summed E-state index contributed by atoms with van der Waals surface area (Å²) < 4.78 is 5.33. The summed E-state index contributed by atoms with van der Waals surface area (Å²) in [6.07, 6.45) is 7.61. The second-order valence-corrected chi connectivity index (χ2v) is 2.92. The molecule has 1 unspecified atom stereocenters. The number of allylic oxidation sites excluding steroid dienone is 2. The van der Waals surface area contributed by atoms with Crippen LogP contribution in [-0.2, 0) is 9.53 Å². The van der Waals surface area contributed by atoms with E-state index in [1.165, 1.54) is 0 Å². The number of amides is 1. The third kappa shape index (κ3) is 2.73. The van der Waals surface area contributed by atoms with E-state index in [1.54, 1.807) is 24.4 Å². The van der Waals surface area contributed by atoms with Crippen LogP contribution in [0.15, 0.2) is 29.4 Å². The maximum atomic E-state index is 11.1. The molecule has 1 rings (SSSR count). The van der Waals surface area contributed by atoms with Crippen LogP contribution in [0.5, 0.6) is 0 Å². The zero-order valence-corrected chi connectivity index (χ0v) is 8.14. The SMILES string of the molecule is CCCOC1=NC=CC=CC1C(N)=O. The van der Waals surface area contributed by atoms with Crippen molar-refractivity contribution in [2.24, 2.45) is 16.6 Å². The largest absolute Gasteiger partial charge is 0.480 e. The molecule has 0 saturated heterocycles. The van der Waals surface area contributed by atoms with Crippen molar-refractivity contribution in [3.8, 4) is 0 Å². The lowest BCUT2D eigenvalue weighted by atomic mass is 10.1. The summed E-state index contributed by atoms with van der Waals surface area (Å²) in [5, 5.41) is 0. The van der Waals surface area contributed by atoms with Gasteiger partial charge in [0.1, 0.15) is 5.92 Å². The van der Waals surface area contributed by atoms with E-state index in [2.05, 4.69) is 4.99 Å². The Labute approximate surface area is 83.1 Å². The maximum absolute atomic E-state index is 11.1. The minimum absolute atomic E-state index is 0.379. The molecule has 0 radical (unpaired) electrons. The number of carbonyl (C=O) groups is 1. The lowest BCUT2D eigenvalue weighted by molar-refractivity contribution is -0.119. The topological polar surface area (TPSA) is 64.7 Å². The predicted octanol–water partition coefficient (Wildman–Crippen LogP) is 0.996. The number of carbonyl (C=O) groups excluding carboxylic acids is 1. The van der Waals surface area contributed by atoms with E-state index >= 15 is 0 Å². The van der Waals surface area contributed by atoms with Crippen LogP contribution in [0.2, 0.25) is 0 Å². The molecule has 0 aromatic rings. The number of aliphatic imine (C=N–C) groups is 1. The molecule has 4 nitrogen and oxygen atoms in total. The van der Waals surface area contributed by atoms with Gasteiger partial charge in [-0.05, 0) is 12.5 Å². The molecular weight excluding hydrogens is 180 g/mol. The Hall–Kier alpha value is -1.58. The normalized spacial score (nSPS) is 20.1. The third-order valence-electron chi connectivity index (χ3n) is 1.73. The molecule has 0 bridgehead atoms. The fourth-order valence-electron chi connectivity index (χ4n) is 1.05. The summed E-state index contributed by atoms with van der Waals surface area (Å²) in [5.74, 6) is -0.610. The molecule has 76 valence electrons. The predicted molar refractivity (Wildman–Crippen MR) is 54.6 cm³/mol. The van der Waals surface area contributed by atoms with Crippen molar-refractivity contribution in [3.05, 3.63) is 24.4 Å². The number of rotatable bonds is 3. The number of ether oxygens (including phenoxy) is 1. The molecule has 1 aliphatic rings. The molecule has 0 fully saturated rings. The minimum Gasteiger partial charge on any atom is -0.480 e. The van der Waals surface area contributed by atoms with Crippen LogP contribution in [0, 0.1) is 5.92 Å². The van der Waals surface area contributed by atoms with Crippen LogP contribution in [0.4, 0.5) is 0 Å². The highest BCUT2D eigenvalue weighted by atomic mass is 16.5. The molecule has 4 heteroatoms. The van der Waals surface area contributed by atoms with Crippen molar-refractivity contribution in [2.45, 2.75) is 13.3 Å². The standard InChI is InChI=1S/C10H14N2O2/c1-2-7-14-10-8(9(11)13)5-3-4-6-12-10/h3-6,8H,2,7H2,1H3,(H2,11,13). The average molecular weight is 194 g/mol. The Bertz CT molecular complexity index is 292. The van der Waals surface area contributed by atoms with Gasteiger partial charge in [-0.15, -0.1) is 0 Å². The summed E-state index contributed by atoms with van der Waals surface area (Å²) in [6.45, 7) is 2.53. The van der Waals surface area contributed by atoms with Gasteiger partial charge in [-0.25, -0.2) is 4.99 Å². The second-order valence-electron chi connectivity index (χ2n) is 2.92. The minimum atomic E-state index is -0.545. The van der Waals surface area contributed by atoms with Gasteiger partial charge in [-0.3, -0.25) is 4.79 Å². The van der Waals surface area contributed by atoms with Crippen molar-refractivity contribution >= 4 is 11.8 Å². The summed E-state index contributed by atoms with van der Waals surface area (Å²) in [6, 6.07) is 0. The first-order valence-electron chi connectivity index (χ1n) is 4.59. The Morgan fingerprint density at radius 1 is 1.64 bits per heavy atom. The van der Waals surface area contributed by atoms with Crippen LogP contribution in [-0.4, -0.2) is 18.4 Å². The molecule has 0 saturated carbocycles. The van der Waals surface area contributed by atoms with E-state index in [9.17, 15) is 4.79 Å². The molecule has 2 N–H and O–H groups in total. The highest BCUT2D eigenvalue weighted by molar-refractivity contribution is 6.02. The Morgan fingerprint density at radius 2 is 2.43 bits per heavy atom. The van der Waals surface area contributed by atoms with Crippen molar-refractivity contribution in [1.29, 1.82) is 0 Å². The summed E-state index contributed by atoms with van der Waals surface area (Å²) >= 11 is 0. The van der Waals surface area contributed by atoms with Gasteiger partial charge in [0.25, 0.3) is 0 Å². The number of nitrogens with zero attached hydrogens (tertiary/aromatic N) is 1. The van der Waals surface area contributed by atoms with Gasteiger partial charge in [0, 0.05) is 6.20 Å². The van der Waals surface area contributed by atoms with Gasteiger partial charge in [0.2, 0.25) is 11.8 Å². The lowest BCUT2D eigenvalue weighted by Gasteiger charge is -2.11. The first kappa shape index (κ1) is 10.5. The highest BCUT2D eigenvalue weighted by Gasteiger charge is 2.20. The van der Waals surface area contributed by atoms with E-state index in [0.717, 1.165) is 6.42 Å². The third-order valence-corrected chi connectivity index (χ3v) is 1.73. The van der Waals surface area contributed by atoms with Crippen molar-refractivity contribution < 1.29 is 9.53 Å². The second kappa shape index (κ2) is 5.21. The number of hydrogen-bond acceptors (Lipinski definition) is 3. The Kier molecular flexibility index (Phi) is 3.91. The quantitative estimate of drug-likeness (QED) is 0.728. The van der Waals surface area contributed by atoms with Crippen LogP contribution in [0.1, 0.15) is 13.3 Å². The fraction of sp³-hybridized carbons (Fsp3) is 0.400. The Morgan fingerprint density at radius 3 is 3.07 bits per heavy atom. The molecule has 1 amide bonds. The van der Waals surface area contributed by atoms with Crippen LogP contribution < -0.4 is 5.73 Å². The van der Waals surface area contributed by atoms with Crippen molar-refractivity contribution in [3.63, 3.8) is 0 Å². The van der Waals surface area contributed by atoms with Crippen molar-refractivity contribution in [2.75, 3.05) is 6.61 Å². The van der Waals surface area contributed by atoms with Crippen LogP contribution >= 0.6 is 0 Å². The van der Waals surface area contributed by atoms with Gasteiger partial charge in [0.15, 0.2) is 0 Å². The first-order valence-corrected chi connectivity index (χ1v) is 4.59. The molecule has 0 spiro atoms. The molecule has 1 aliphatic heterocycles. The van der Waals surface area contributed by atoms with Gasteiger partial charge < -0.3 is 10.5 Å². The van der Waals surface area contributed by atoms with Crippen LogP contribution in [0.25, 0.3) is 0 Å². The molecule has 0 aromatic carbocycles. The zero-order valence-electron chi connectivity index (χ0n) is 8.14. The molecule has 0 aromatic heterocycles. The molecule has 1 heterocycles. The highest BCUT2D eigenvalue weighted by Crippen LogP contribution is 2.08. The van der Waals surface area contributed by atoms with Gasteiger partial charge >= 0.3 is 0 Å². The van der Waals surface area contributed by atoms with E-state index in [-0.39, 0.29) is 0 Å². The molecule has 0 aliphatic carbocycles. The lowest BCUT2D eigenvalue weighted by Crippen LogP contribution is -2.30. The Balaban J connectivity index is 2.74. The molecule has 1 atom stereocenters. The van der Waals surface area contributed by atoms with Gasteiger partial charge in [-0.2, -0.15) is 0 Å². The van der Waals surface area contributed by atoms with Crippen LogP contribution in [0.3, 0.4) is 0 Å². The first-order chi connectivity index (χ1) is 6.75. The van der Waals surface area contributed by atoms with Gasteiger partial charge in [0.05, 0.1) is 6.61 Å². The summed E-state index contributed by atoms with van der Waals surface area (Å²) in [7, 11) is 0. The number of nitrogens with two attached hydrogens (primary N) is 1. The van der Waals surface area contributed by atoms with E-state index in [1.807, 2.05) is 6.92 Å². The number of primary amides is 1. The smallest absolute Gasteiger partial charge is 0.233 e. The van der Waals surface area contributed by atoms with E-state index in [0.29, 0.717) is 12.5 Å². The average Bonchev–Trinajstić information content (AvgIpc) is 2.39. The maximum Gasteiger partial charge on any atom is 0.233 e. The van der Waals surface area contributed by atoms with E-state index in [4.69, 9.17) is 10.5 Å². The fourth-order valence-corrected chi connectivity index (χ4v) is 1.05. The number of hydrogen-bond donors (Lipinski definition) is 1. The van der Waals surface area contributed by atoms with E-state index < -0.39 is 11.8 Å². The van der Waals surface area contributed by atoms with Crippen molar-refractivity contribution in [1.82, 2.24) is 0 Å². The van der Waals surface area contributed by atoms with Gasteiger partial charge in [-0.1, -0.05) is 19.1 Å².